The quantitative estimate of drug-likeness (QED) is 0.306. The number of amides is 1. The van der Waals surface area contributed by atoms with Gasteiger partial charge in [0.1, 0.15) is 17.1 Å². The summed E-state index contributed by atoms with van der Waals surface area (Å²) >= 11 is 7.50. The molecule has 0 unspecified atom stereocenters. The molecule has 6 rings (SSSR count). The number of carbonyl (C=O) groups is 1. The first-order valence-electron chi connectivity index (χ1n) is 10.7. The summed E-state index contributed by atoms with van der Waals surface area (Å²) in [6, 6.07) is 16.8. The van der Waals surface area contributed by atoms with Crippen molar-refractivity contribution in [3.63, 3.8) is 0 Å². The van der Waals surface area contributed by atoms with Gasteiger partial charge in [0.2, 0.25) is 5.76 Å². The van der Waals surface area contributed by atoms with Crippen LogP contribution in [0, 0.1) is 0 Å². The SMILES string of the molecule is COc1ccc([C@H]2c3c(oc4ccc(Cl)cc4c3=O)C(=O)N2c2nc3ccc(OC)cc3s2)cc1. The highest BCUT2D eigenvalue weighted by Gasteiger charge is 2.45. The third-order valence-corrected chi connectivity index (χ3v) is 7.31. The zero-order chi connectivity index (χ0) is 24.3. The Balaban J connectivity index is 1.61. The number of anilines is 1. The maximum absolute atomic E-state index is 13.8. The largest absolute Gasteiger partial charge is 0.497 e. The molecule has 0 saturated heterocycles. The zero-order valence-electron chi connectivity index (χ0n) is 18.6. The molecule has 35 heavy (non-hydrogen) atoms. The van der Waals surface area contributed by atoms with E-state index in [4.69, 9.17) is 30.5 Å². The fourth-order valence-corrected chi connectivity index (χ4v) is 5.56. The molecule has 0 radical (unpaired) electrons. The summed E-state index contributed by atoms with van der Waals surface area (Å²) in [6.07, 6.45) is 0. The van der Waals surface area contributed by atoms with E-state index in [0.717, 1.165) is 15.8 Å². The molecule has 174 valence electrons. The molecule has 1 amide bonds. The highest BCUT2D eigenvalue weighted by molar-refractivity contribution is 7.22. The Morgan fingerprint density at radius 2 is 1.71 bits per heavy atom. The Bertz CT molecular complexity index is 1690. The van der Waals surface area contributed by atoms with E-state index >= 15 is 0 Å². The highest BCUT2D eigenvalue weighted by atomic mass is 35.5. The van der Waals surface area contributed by atoms with Gasteiger partial charge in [-0.05, 0) is 54.1 Å². The van der Waals surface area contributed by atoms with Gasteiger partial charge < -0.3 is 13.9 Å². The van der Waals surface area contributed by atoms with Crippen molar-refractivity contribution >= 4 is 55.2 Å². The second-order valence-electron chi connectivity index (χ2n) is 8.00. The van der Waals surface area contributed by atoms with E-state index in [1.54, 1.807) is 44.6 Å². The van der Waals surface area contributed by atoms with E-state index < -0.39 is 11.9 Å². The van der Waals surface area contributed by atoms with E-state index in [2.05, 4.69) is 0 Å². The van der Waals surface area contributed by atoms with Crippen LogP contribution in [0.25, 0.3) is 21.2 Å². The molecular weight excluding hydrogens is 488 g/mol. The number of hydrogen-bond donors (Lipinski definition) is 0. The van der Waals surface area contributed by atoms with Crippen LogP contribution in [0.2, 0.25) is 5.02 Å². The molecule has 0 saturated carbocycles. The van der Waals surface area contributed by atoms with E-state index in [1.807, 2.05) is 30.3 Å². The number of ether oxygens (including phenoxy) is 2. The van der Waals surface area contributed by atoms with Crippen LogP contribution in [-0.2, 0) is 0 Å². The molecule has 1 aliphatic heterocycles. The van der Waals surface area contributed by atoms with Crippen LogP contribution in [0.15, 0.2) is 69.9 Å². The van der Waals surface area contributed by atoms with Crippen molar-refractivity contribution < 1.29 is 18.7 Å². The number of thiazole rings is 1. The summed E-state index contributed by atoms with van der Waals surface area (Å²) in [5.41, 5.74) is 1.70. The summed E-state index contributed by atoms with van der Waals surface area (Å²) in [5, 5.41) is 1.18. The maximum atomic E-state index is 13.8. The Hall–Kier alpha value is -3.88. The van der Waals surface area contributed by atoms with E-state index in [0.29, 0.717) is 32.6 Å². The number of halogens is 1. The summed E-state index contributed by atoms with van der Waals surface area (Å²) in [4.78, 5) is 33.7. The van der Waals surface area contributed by atoms with Crippen molar-refractivity contribution in [1.29, 1.82) is 0 Å². The van der Waals surface area contributed by atoms with Gasteiger partial charge in [-0.3, -0.25) is 14.5 Å². The van der Waals surface area contributed by atoms with Gasteiger partial charge >= 0.3 is 0 Å². The first kappa shape index (κ1) is 21.6. The lowest BCUT2D eigenvalue weighted by molar-refractivity contribution is 0.0971. The lowest BCUT2D eigenvalue weighted by Crippen LogP contribution is -2.29. The van der Waals surface area contributed by atoms with E-state index in [1.165, 1.54) is 16.2 Å². The minimum Gasteiger partial charge on any atom is -0.497 e. The molecule has 9 heteroatoms. The monoisotopic (exact) mass is 504 g/mol. The molecule has 2 aromatic heterocycles. The van der Waals surface area contributed by atoms with Crippen molar-refractivity contribution in [2.75, 3.05) is 19.1 Å². The van der Waals surface area contributed by atoms with Gasteiger partial charge in [0.25, 0.3) is 5.91 Å². The summed E-state index contributed by atoms with van der Waals surface area (Å²) in [6.45, 7) is 0. The standard InChI is InChI=1S/C26H17ClN2O5S/c1-32-15-6-3-13(4-7-15)22-21-23(30)17-11-14(27)5-10-19(17)34-24(21)25(31)29(22)26-28-18-9-8-16(33-2)12-20(18)35-26/h3-12,22H,1-2H3/t22-/m0/s1. The number of carbonyl (C=O) groups excluding carboxylic acids is 1. The summed E-state index contributed by atoms with van der Waals surface area (Å²) < 4.78 is 17.5. The molecule has 0 fully saturated rings. The molecule has 1 atom stereocenters. The summed E-state index contributed by atoms with van der Waals surface area (Å²) in [5.74, 6) is 0.924. The summed E-state index contributed by atoms with van der Waals surface area (Å²) in [7, 11) is 3.17. The van der Waals surface area contributed by atoms with Crippen molar-refractivity contribution in [2.45, 2.75) is 6.04 Å². The second kappa shape index (κ2) is 8.11. The molecule has 0 bridgehead atoms. The van der Waals surface area contributed by atoms with Crippen molar-refractivity contribution in [3.05, 3.63) is 92.8 Å². The first-order chi connectivity index (χ1) is 17.0. The minimum absolute atomic E-state index is 0.00229. The lowest BCUT2D eigenvalue weighted by Gasteiger charge is -2.22. The van der Waals surface area contributed by atoms with E-state index in [-0.39, 0.29) is 16.8 Å². The number of methoxy groups -OCH3 is 2. The first-order valence-corrected chi connectivity index (χ1v) is 11.9. The van der Waals surface area contributed by atoms with Crippen molar-refractivity contribution in [2.24, 2.45) is 0 Å². The van der Waals surface area contributed by atoms with Gasteiger partial charge in [0, 0.05) is 5.02 Å². The third-order valence-electron chi connectivity index (χ3n) is 6.05. The molecule has 0 aliphatic carbocycles. The van der Waals surface area contributed by atoms with Gasteiger partial charge in [-0.25, -0.2) is 4.98 Å². The van der Waals surface area contributed by atoms with Crippen LogP contribution in [0.1, 0.15) is 27.7 Å². The lowest BCUT2D eigenvalue weighted by atomic mass is 9.98. The molecule has 5 aromatic rings. The molecule has 3 heterocycles. The van der Waals surface area contributed by atoms with Crippen LogP contribution < -0.4 is 19.8 Å². The zero-order valence-corrected chi connectivity index (χ0v) is 20.1. The highest BCUT2D eigenvalue weighted by Crippen LogP contribution is 2.44. The van der Waals surface area contributed by atoms with Crippen LogP contribution in [0.5, 0.6) is 11.5 Å². The number of rotatable bonds is 4. The molecule has 0 spiro atoms. The Morgan fingerprint density at radius 1 is 0.971 bits per heavy atom. The van der Waals surface area contributed by atoms with Gasteiger partial charge in [0.05, 0.1) is 41.4 Å². The Kier molecular flexibility index (Phi) is 5.01. The maximum Gasteiger partial charge on any atom is 0.297 e. The topological polar surface area (TPSA) is 81.9 Å². The fraction of sp³-hybridized carbons (Fsp3) is 0.115. The smallest absolute Gasteiger partial charge is 0.297 e. The molecule has 3 aromatic carbocycles. The molecule has 0 N–H and O–H groups in total. The van der Waals surface area contributed by atoms with Gasteiger partial charge in [-0.1, -0.05) is 35.1 Å². The number of nitrogens with zero attached hydrogens (tertiary/aromatic N) is 2. The molecular formula is C26H17ClN2O5S. The molecule has 7 nitrogen and oxygen atoms in total. The average Bonchev–Trinajstić information content (AvgIpc) is 3.42. The van der Waals surface area contributed by atoms with Gasteiger partial charge in [0.15, 0.2) is 10.6 Å². The predicted octanol–water partition coefficient (Wildman–Crippen LogP) is 5.82. The molecule has 1 aliphatic rings. The second-order valence-corrected chi connectivity index (χ2v) is 9.44. The van der Waals surface area contributed by atoms with Crippen molar-refractivity contribution in [3.8, 4) is 11.5 Å². The van der Waals surface area contributed by atoms with Crippen molar-refractivity contribution in [1.82, 2.24) is 4.98 Å². The van der Waals surface area contributed by atoms with Crippen LogP contribution in [0.4, 0.5) is 5.13 Å². The minimum atomic E-state index is -0.731. The number of aromatic nitrogens is 1. The number of fused-ring (bicyclic) bond motifs is 3. The fourth-order valence-electron chi connectivity index (χ4n) is 4.37. The van der Waals surface area contributed by atoms with Crippen LogP contribution in [-0.4, -0.2) is 25.1 Å². The number of hydrogen-bond acceptors (Lipinski definition) is 7. The normalized spacial score (nSPS) is 15.1. The van der Waals surface area contributed by atoms with Crippen LogP contribution in [0.3, 0.4) is 0 Å². The van der Waals surface area contributed by atoms with Gasteiger partial charge in [-0.15, -0.1) is 0 Å². The number of benzene rings is 3. The van der Waals surface area contributed by atoms with Gasteiger partial charge in [-0.2, -0.15) is 0 Å². The van der Waals surface area contributed by atoms with E-state index in [9.17, 15) is 9.59 Å². The average molecular weight is 505 g/mol. The third kappa shape index (κ3) is 3.37. The van der Waals surface area contributed by atoms with Crippen LogP contribution >= 0.6 is 22.9 Å². The Morgan fingerprint density at radius 3 is 2.46 bits per heavy atom. The Labute approximate surface area is 208 Å². The predicted molar refractivity (Wildman–Crippen MR) is 135 cm³/mol.